The van der Waals surface area contributed by atoms with Gasteiger partial charge in [0.05, 0.1) is 20.3 Å². The quantitative estimate of drug-likeness (QED) is 0.767. The third kappa shape index (κ3) is 6.43. The summed E-state index contributed by atoms with van der Waals surface area (Å²) in [6.45, 7) is 0.516. The number of piperidine rings is 1. The molecule has 1 unspecified atom stereocenters. The van der Waals surface area contributed by atoms with Gasteiger partial charge in [0, 0.05) is 24.6 Å². The fraction of sp³-hybridized carbons (Fsp3) is 0.579. The van der Waals surface area contributed by atoms with Crippen molar-refractivity contribution in [2.45, 2.75) is 32.0 Å². The molecule has 1 aromatic carbocycles. The minimum atomic E-state index is -4.56. The lowest BCUT2D eigenvalue weighted by Crippen LogP contribution is -2.44. The van der Waals surface area contributed by atoms with E-state index in [1.165, 1.54) is 12.0 Å². The maximum absolute atomic E-state index is 12.6. The zero-order chi connectivity index (χ0) is 21.6. The summed E-state index contributed by atoms with van der Waals surface area (Å²) in [5.41, 5.74) is 0.758. The van der Waals surface area contributed by atoms with Gasteiger partial charge < -0.3 is 24.4 Å². The van der Waals surface area contributed by atoms with Crippen molar-refractivity contribution in [3.05, 3.63) is 23.8 Å². The Morgan fingerprint density at radius 2 is 1.86 bits per heavy atom. The van der Waals surface area contributed by atoms with E-state index in [-0.39, 0.29) is 31.0 Å². The highest BCUT2D eigenvalue weighted by Gasteiger charge is 2.33. The number of benzene rings is 1. The Kier molecular flexibility index (Phi) is 7.58. The Morgan fingerprint density at radius 3 is 2.41 bits per heavy atom. The minimum absolute atomic E-state index is 0.158. The maximum Gasteiger partial charge on any atom is 0.422 e. The van der Waals surface area contributed by atoms with Crippen LogP contribution in [-0.4, -0.2) is 57.0 Å². The summed E-state index contributed by atoms with van der Waals surface area (Å²) in [6, 6.07) is 4.94. The third-order valence-electron chi connectivity index (χ3n) is 4.75. The van der Waals surface area contributed by atoms with E-state index in [1.807, 2.05) is 6.92 Å². The summed E-state index contributed by atoms with van der Waals surface area (Å²) >= 11 is 0. The van der Waals surface area contributed by atoms with E-state index in [9.17, 15) is 22.8 Å². The van der Waals surface area contributed by atoms with Crippen LogP contribution in [0.3, 0.4) is 0 Å². The summed E-state index contributed by atoms with van der Waals surface area (Å²) in [5, 5.41) is 2.92. The Labute approximate surface area is 167 Å². The zero-order valence-electron chi connectivity index (χ0n) is 16.5. The van der Waals surface area contributed by atoms with Crippen LogP contribution in [0.15, 0.2) is 18.2 Å². The van der Waals surface area contributed by atoms with Gasteiger partial charge >= 0.3 is 12.3 Å². The molecule has 0 radical (unpaired) electrons. The summed E-state index contributed by atoms with van der Waals surface area (Å²) in [5.74, 6) is 0.708. The van der Waals surface area contributed by atoms with Crippen molar-refractivity contribution < 1.29 is 37.0 Å². The molecule has 1 aromatic rings. The van der Waals surface area contributed by atoms with E-state index in [0.717, 1.165) is 5.56 Å². The second-order valence-electron chi connectivity index (χ2n) is 6.77. The van der Waals surface area contributed by atoms with Crippen molar-refractivity contribution in [2.75, 3.05) is 33.9 Å². The molecule has 10 heteroatoms. The van der Waals surface area contributed by atoms with Crippen LogP contribution in [0.25, 0.3) is 0 Å². The van der Waals surface area contributed by atoms with Crippen LogP contribution in [0.1, 0.15) is 31.4 Å². The highest BCUT2D eigenvalue weighted by molar-refractivity contribution is 5.79. The Balaban J connectivity index is 1.89. The normalized spacial score (nSPS) is 16.1. The van der Waals surface area contributed by atoms with Crippen molar-refractivity contribution in [3.8, 4) is 11.5 Å². The lowest BCUT2D eigenvalue weighted by Gasteiger charge is -2.31. The van der Waals surface area contributed by atoms with Gasteiger partial charge in [0.2, 0.25) is 5.91 Å². The van der Waals surface area contributed by atoms with E-state index < -0.39 is 18.9 Å². The van der Waals surface area contributed by atoms with Gasteiger partial charge in [-0.1, -0.05) is 0 Å². The van der Waals surface area contributed by atoms with Gasteiger partial charge in [0.25, 0.3) is 0 Å². The molecule has 0 bridgehead atoms. The number of alkyl halides is 3. The molecule has 1 N–H and O–H groups in total. The molecule has 1 aliphatic rings. The highest BCUT2D eigenvalue weighted by atomic mass is 19.4. The maximum atomic E-state index is 12.6. The number of halogens is 3. The number of hydrogen-bond acceptors (Lipinski definition) is 5. The number of nitrogens with one attached hydrogen (secondary N) is 1. The molecule has 0 saturated carbocycles. The van der Waals surface area contributed by atoms with Crippen LogP contribution in [-0.2, 0) is 9.53 Å². The molecular formula is C19H25F3N2O5. The summed E-state index contributed by atoms with van der Waals surface area (Å²) in [7, 11) is 3.08. The Hall–Kier alpha value is -2.65. The molecule has 2 rings (SSSR count). The number of nitrogens with zero attached hydrogens (tertiary/aromatic N) is 1. The van der Waals surface area contributed by atoms with Gasteiger partial charge in [0.15, 0.2) is 6.61 Å². The van der Waals surface area contributed by atoms with Crippen LogP contribution in [0, 0.1) is 5.92 Å². The molecule has 0 spiro atoms. The van der Waals surface area contributed by atoms with Crippen molar-refractivity contribution in [1.82, 2.24) is 10.2 Å². The second-order valence-corrected chi connectivity index (χ2v) is 6.77. The van der Waals surface area contributed by atoms with Gasteiger partial charge in [-0.2, -0.15) is 13.2 Å². The summed E-state index contributed by atoms with van der Waals surface area (Å²) < 4.78 is 51.2. The van der Waals surface area contributed by atoms with E-state index in [4.69, 9.17) is 9.47 Å². The SMILES string of the molecule is COc1ccc(OC)c(C(C)NC(=O)C2CCN(C(=O)OCC(F)(F)F)CC2)c1. The molecule has 0 aliphatic carbocycles. The Bertz CT molecular complexity index is 718. The molecule has 1 heterocycles. The van der Waals surface area contributed by atoms with Crippen molar-refractivity contribution in [2.24, 2.45) is 5.92 Å². The first kappa shape index (κ1) is 22.6. The molecule has 1 aliphatic heterocycles. The van der Waals surface area contributed by atoms with Crippen molar-refractivity contribution in [1.29, 1.82) is 0 Å². The number of likely N-dealkylation sites (tertiary alicyclic amines) is 1. The molecule has 1 atom stereocenters. The first-order valence-corrected chi connectivity index (χ1v) is 9.15. The number of amides is 2. The van der Waals surface area contributed by atoms with E-state index in [2.05, 4.69) is 10.1 Å². The lowest BCUT2D eigenvalue weighted by atomic mass is 9.95. The molecule has 1 saturated heterocycles. The summed E-state index contributed by atoms with van der Waals surface area (Å²) in [4.78, 5) is 25.5. The first-order chi connectivity index (χ1) is 13.6. The molecule has 0 aromatic heterocycles. The van der Waals surface area contributed by atoms with Gasteiger partial charge in [-0.25, -0.2) is 4.79 Å². The van der Waals surface area contributed by atoms with Gasteiger partial charge in [-0.05, 0) is 38.0 Å². The topological polar surface area (TPSA) is 77.1 Å². The molecule has 29 heavy (non-hydrogen) atoms. The number of hydrogen-bond donors (Lipinski definition) is 1. The Morgan fingerprint density at radius 1 is 1.21 bits per heavy atom. The monoisotopic (exact) mass is 418 g/mol. The highest BCUT2D eigenvalue weighted by Crippen LogP contribution is 2.30. The number of carbonyl (C=O) groups is 2. The average Bonchev–Trinajstić information content (AvgIpc) is 2.70. The van der Waals surface area contributed by atoms with E-state index in [1.54, 1.807) is 25.3 Å². The van der Waals surface area contributed by atoms with Crippen LogP contribution >= 0.6 is 0 Å². The average molecular weight is 418 g/mol. The number of rotatable bonds is 6. The third-order valence-corrected chi connectivity index (χ3v) is 4.75. The molecule has 1 fully saturated rings. The van der Waals surface area contributed by atoms with E-state index in [0.29, 0.717) is 24.3 Å². The fourth-order valence-electron chi connectivity index (χ4n) is 3.15. The lowest BCUT2D eigenvalue weighted by molar-refractivity contribution is -0.162. The number of carbonyl (C=O) groups excluding carboxylic acids is 2. The van der Waals surface area contributed by atoms with Crippen molar-refractivity contribution >= 4 is 12.0 Å². The van der Waals surface area contributed by atoms with Crippen molar-refractivity contribution in [3.63, 3.8) is 0 Å². The second kappa shape index (κ2) is 9.71. The predicted molar refractivity (Wildman–Crippen MR) is 97.8 cm³/mol. The number of methoxy groups -OCH3 is 2. The van der Waals surface area contributed by atoms with Crippen LogP contribution in [0.5, 0.6) is 11.5 Å². The van der Waals surface area contributed by atoms with Gasteiger partial charge in [-0.3, -0.25) is 4.79 Å². The molecular weight excluding hydrogens is 393 g/mol. The number of ether oxygens (including phenoxy) is 3. The smallest absolute Gasteiger partial charge is 0.422 e. The largest absolute Gasteiger partial charge is 0.497 e. The fourth-order valence-corrected chi connectivity index (χ4v) is 3.15. The molecule has 7 nitrogen and oxygen atoms in total. The minimum Gasteiger partial charge on any atom is -0.497 e. The van der Waals surface area contributed by atoms with Crippen LogP contribution < -0.4 is 14.8 Å². The predicted octanol–water partition coefficient (Wildman–Crippen LogP) is 3.29. The van der Waals surface area contributed by atoms with E-state index >= 15 is 0 Å². The standard InChI is InChI=1S/C19H25F3N2O5/c1-12(15-10-14(27-2)4-5-16(15)28-3)23-17(25)13-6-8-24(9-7-13)18(26)29-11-19(20,21)22/h4-5,10,12-13H,6-9,11H2,1-3H3,(H,23,25). The van der Waals surface area contributed by atoms with Gasteiger partial charge in [0.1, 0.15) is 11.5 Å². The molecule has 2 amide bonds. The van der Waals surface area contributed by atoms with Crippen LogP contribution in [0.2, 0.25) is 0 Å². The van der Waals surface area contributed by atoms with Gasteiger partial charge in [-0.15, -0.1) is 0 Å². The molecule has 162 valence electrons. The van der Waals surface area contributed by atoms with Crippen LogP contribution in [0.4, 0.5) is 18.0 Å². The first-order valence-electron chi connectivity index (χ1n) is 9.15. The summed E-state index contributed by atoms with van der Waals surface area (Å²) in [6.07, 6.45) is -4.90. The zero-order valence-corrected chi connectivity index (χ0v) is 16.5.